The Labute approximate surface area is 118 Å². The van der Waals surface area contributed by atoms with Gasteiger partial charge < -0.3 is 16.0 Å². The first-order chi connectivity index (χ1) is 9.61. The van der Waals surface area contributed by atoms with Crippen molar-refractivity contribution in [3.63, 3.8) is 0 Å². The topological polar surface area (TPSA) is 71.2 Å². The molecule has 1 aliphatic heterocycles. The van der Waals surface area contributed by atoms with Gasteiger partial charge in [0.25, 0.3) is 5.91 Å². The van der Waals surface area contributed by atoms with Crippen LogP contribution in [0, 0.1) is 11.7 Å². The van der Waals surface area contributed by atoms with Crippen molar-refractivity contribution in [2.75, 3.05) is 31.9 Å². The molecule has 0 radical (unpaired) electrons. The number of likely N-dealkylation sites (tertiary alicyclic amines) is 1. The van der Waals surface area contributed by atoms with Crippen molar-refractivity contribution in [2.24, 2.45) is 5.92 Å². The molecule has 5 nitrogen and oxygen atoms in total. The van der Waals surface area contributed by atoms with Gasteiger partial charge in [0.05, 0.1) is 5.56 Å². The molecular weight excluding hydrogens is 259 g/mol. The Morgan fingerprint density at radius 2 is 2.25 bits per heavy atom. The van der Waals surface area contributed by atoms with Gasteiger partial charge in [-0.25, -0.2) is 9.37 Å². The predicted octanol–water partition coefficient (Wildman–Crippen LogP) is 1.26. The third-order valence-electron chi connectivity index (χ3n) is 3.87. The minimum absolute atomic E-state index is 0.0384. The SMILES string of the molecule is CCN1CCC(CNC(=O)c2ccnc(N)c2F)CC1. The third kappa shape index (κ3) is 3.45. The summed E-state index contributed by atoms with van der Waals surface area (Å²) in [5.74, 6) is -0.946. The highest BCUT2D eigenvalue weighted by molar-refractivity contribution is 5.95. The number of pyridine rings is 1. The molecule has 0 saturated carbocycles. The van der Waals surface area contributed by atoms with Gasteiger partial charge >= 0.3 is 0 Å². The number of nitrogens with zero attached hydrogens (tertiary/aromatic N) is 2. The summed E-state index contributed by atoms with van der Waals surface area (Å²) in [7, 11) is 0. The zero-order chi connectivity index (χ0) is 14.5. The Kier molecular flexibility index (Phi) is 4.89. The van der Waals surface area contributed by atoms with Crippen LogP contribution in [0.4, 0.5) is 10.2 Å². The fraction of sp³-hybridized carbons (Fsp3) is 0.571. The highest BCUT2D eigenvalue weighted by Crippen LogP contribution is 2.16. The number of nitrogens with two attached hydrogens (primary N) is 1. The molecule has 1 aliphatic rings. The van der Waals surface area contributed by atoms with E-state index in [4.69, 9.17) is 5.73 Å². The summed E-state index contributed by atoms with van der Waals surface area (Å²) < 4.78 is 13.7. The molecule has 0 unspecified atom stereocenters. The Morgan fingerprint density at radius 3 is 2.90 bits per heavy atom. The maximum absolute atomic E-state index is 13.7. The number of nitrogen functional groups attached to an aromatic ring is 1. The van der Waals surface area contributed by atoms with E-state index in [0.29, 0.717) is 12.5 Å². The molecule has 110 valence electrons. The van der Waals surface area contributed by atoms with Crippen molar-refractivity contribution in [1.29, 1.82) is 0 Å². The number of carbonyl (C=O) groups excluding carboxylic acids is 1. The molecule has 1 aromatic rings. The van der Waals surface area contributed by atoms with Gasteiger partial charge in [-0.2, -0.15) is 0 Å². The number of anilines is 1. The lowest BCUT2D eigenvalue weighted by molar-refractivity contribution is 0.0933. The van der Waals surface area contributed by atoms with Gasteiger partial charge in [0.1, 0.15) is 0 Å². The molecule has 3 N–H and O–H groups in total. The minimum Gasteiger partial charge on any atom is -0.381 e. The zero-order valence-electron chi connectivity index (χ0n) is 11.7. The molecule has 0 bridgehead atoms. The Hall–Kier alpha value is -1.69. The maximum Gasteiger partial charge on any atom is 0.254 e. The highest BCUT2D eigenvalue weighted by atomic mass is 19.1. The molecule has 0 spiro atoms. The zero-order valence-corrected chi connectivity index (χ0v) is 11.7. The van der Waals surface area contributed by atoms with Gasteiger partial charge in [0.15, 0.2) is 11.6 Å². The van der Waals surface area contributed by atoms with Gasteiger partial charge in [-0.3, -0.25) is 4.79 Å². The molecule has 1 fully saturated rings. The second-order valence-electron chi connectivity index (χ2n) is 5.15. The number of piperidine rings is 1. The lowest BCUT2D eigenvalue weighted by atomic mass is 9.97. The van der Waals surface area contributed by atoms with Crippen molar-refractivity contribution >= 4 is 11.7 Å². The van der Waals surface area contributed by atoms with Crippen molar-refractivity contribution in [1.82, 2.24) is 15.2 Å². The summed E-state index contributed by atoms with van der Waals surface area (Å²) >= 11 is 0. The van der Waals surface area contributed by atoms with Gasteiger partial charge in [-0.1, -0.05) is 6.92 Å². The van der Waals surface area contributed by atoms with Crippen molar-refractivity contribution in [3.8, 4) is 0 Å². The van der Waals surface area contributed by atoms with Crippen molar-refractivity contribution < 1.29 is 9.18 Å². The Bertz CT molecular complexity index is 472. The first-order valence-electron chi connectivity index (χ1n) is 7.02. The molecule has 1 saturated heterocycles. The summed E-state index contributed by atoms with van der Waals surface area (Å²) in [5.41, 5.74) is 5.32. The maximum atomic E-state index is 13.7. The van der Waals surface area contributed by atoms with Gasteiger partial charge in [-0.05, 0) is 44.5 Å². The van der Waals surface area contributed by atoms with Crippen LogP contribution in [0.15, 0.2) is 12.3 Å². The summed E-state index contributed by atoms with van der Waals surface area (Å²) in [6.07, 6.45) is 3.47. The number of carbonyl (C=O) groups is 1. The van der Waals surface area contributed by atoms with Crippen LogP contribution in [-0.2, 0) is 0 Å². The van der Waals surface area contributed by atoms with E-state index >= 15 is 0 Å². The quantitative estimate of drug-likeness (QED) is 0.871. The van der Waals surface area contributed by atoms with Crippen LogP contribution in [0.1, 0.15) is 30.1 Å². The van der Waals surface area contributed by atoms with E-state index in [-0.39, 0.29) is 11.4 Å². The average molecular weight is 280 g/mol. The number of hydrogen-bond acceptors (Lipinski definition) is 4. The Morgan fingerprint density at radius 1 is 1.55 bits per heavy atom. The van der Waals surface area contributed by atoms with E-state index in [0.717, 1.165) is 32.5 Å². The number of halogens is 1. The number of rotatable bonds is 4. The smallest absolute Gasteiger partial charge is 0.254 e. The fourth-order valence-electron chi connectivity index (χ4n) is 2.47. The van der Waals surface area contributed by atoms with E-state index in [2.05, 4.69) is 22.1 Å². The predicted molar refractivity (Wildman–Crippen MR) is 75.8 cm³/mol. The van der Waals surface area contributed by atoms with Crippen LogP contribution in [-0.4, -0.2) is 42.0 Å². The summed E-state index contributed by atoms with van der Waals surface area (Å²) in [4.78, 5) is 17.9. The first kappa shape index (κ1) is 14.7. The Balaban J connectivity index is 1.85. The lowest BCUT2D eigenvalue weighted by Crippen LogP contribution is -2.38. The molecule has 6 heteroatoms. The van der Waals surface area contributed by atoms with Crippen LogP contribution in [0.5, 0.6) is 0 Å². The minimum atomic E-state index is -0.745. The lowest BCUT2D eigenvalue weighted by Gasteiger charge is -2.31. The molecule has 1 aromatic heterocycles. The number of amides is 1. The summed E-state index contributed by atoms with van der Waals surface area (Å²) in [6, 6.07) is 1.35. The molecule has 20 heavy (non-hydrogen) atoms. The van der Waals surface area contributed by atoms with E-state index in [9.17, 15) is 9.18 Å². The van der Waals surface area contributed by atoms with E-state index < -0.39 is 11.7 Å². The van der Waals surface area contributed by atoms with Crippen LogP contribution in [0.2, 0.25) is 0 Å². The fourth-order valence-corrected chi connectivity index (χ4v) is 2.47. The van der Waals surface area contributed by atoms with Gasteiger partial charge in [0, 0.05) is 12.7 Å². The average Bonchev–Trinajstić information content (AvgIpc) is 2.48. The van der Waals surface area contributed by atoms with Crippen molar-refractivity contribution in [3.05, 3.63) is 23.6 Å². The molecule has 0 aliphatic carbocycles. The number of hydrogen-bond donors (Lipinski definition) is 2. The standard InChI is InChI=1S/C14H21FN4O/c1-2-19-7-4-10(5-8-19)9-18-14(20)11-3-6-17-13(16)12(11)15/h3,6,10H,2,4-5,7-9H2,1H3,(H2,16,17)(H,18,20). The van der Waals surface area contributed by atoms with E-state index in [1.165, 1.54) is 12.3 Å². The molecular formula is C14H21FN4O. The highest BCUT2D eigenvalue weighted by Gasteiger charge is 2.20. The van der Waals surface area contributed by atoms with Crippen molar-refractivity contribution in [2.45, 2.75) is 19.8 Å². The largest absolute Gasteiger partial charge is 0.381 e. The second-order valence-corrected chi connectivity index (χ2v) is 5.15. The normalized spacial score (nSPS) is 17.1. The monoisotopic (exact) mass is 280 g/mol. The van der Waals surface area contributed by atoms with Gasteiger partial charge in [-0.15, -0.1) is 0 Å². The number of aromatic nitrogens is 1. The molecule has 0 aromatic carbocycles. The third-order valence-corrected chi connectivity index (χ3v) is 3.87. The van der Waals surface area contributed by atoms with E-state index in [1.54, 1.807) is 0 Å². The number of nitrogens with one attached hydrogen (secondary N) is 1. The van der Waals surface area contributed by atoms with Crippen LogP contribution in [0.3, 0.4) is 0 Å². The molecule has 2 rings (SSSR count). The molecule has 2 heterocycles. The van der Waals surface area contributed by atoms with Gasteiger partial charge in [0.2, 0.25) is 0 Å². The molecule has 0 atom stereocenters. The van der Waals surface area contributed by atoms with E-state index in [1.807, 2.05) is 0 Å². The first-order valence-corrected chi connectivity index (χ1v) is 7.02. The second kappa shape index (κ2) is 6.65. The molecule has 1 amide bonds. The summed E-state index contributed by atoms with van der Waals surface area (Å²) in [5, 5.41) is 2.79. The van der Waals surface area contributed by atoms with Crippen LogP contribution in [0.25, 0.3) is 0 Å². The summed E-state index contributed by atoms with van der Waals surface area (Å²) in [6.45, 7) is 5.93. The van der Waals surface area contributed by atoms with Crippen LogP contribution < -0.4 is 11.1 Å². The van der Waals surface area contributed by atoms with Crippen LogP contribution >= 0.6 is 0 Å².